The minimum Gasteiger partial charge on any atom is -0.377 e. The van der Waals surface area contributed by atoms with Gasteiger partial charge in [-0.15, -0.1) is 0 Å². The molecule has 2 aliphatic heterocycles. The predicted octanol–water partition coefficient (Wildman–Crippen LogP) is 0.553. The largest absolute Gasteiger partial charge is 0.377 e. The number of carbonyl (C=O) groups excluding carboxylic acids is 2. The number of amides is 2. The van der Waals surface area contributed by atoms with Crippen molar-refractivity contribution >= 4 is 22.7 Å². The van der Waals surface area contributed by atoms with Crippen molar-refractivity contribution in [3.63, 3.8) is 0 Å². The van der Waals surface area contributed by atoms with Gasteiger partial charge in [0.1, 0.15) is 0 Å². The van der Waals surface area contributed by atoms with E-state index in [-0.39, 0.29) is 36.4 Å². The first-order valence-electron chi connectivity index (χ1n) is 8.94. The molecule has 1 fully saturated rings. The van der Waals surface area contributed by atoms with E-state index >= 15 is 0 Å². The molecule has 0 bridgehead atoms. The Hall–Kier alpha value is -3.00. The van der Waals surface area contributed by atoms with E-state index in [2.05, 4.69) is 9.97 Å². The number of aromatic nitrogens is 2. The third-order valence-corrected chi connectivity index (χ3v) is 4.89. The van der Waals surface area contributed by atoms with Crippen LogP contribution in [0.25, 0.3) is 10.9 Å². The summed E-state index contributed by atoms with van der Waals surface area (Å²) in [6.45, 7) is 2.22. The van der Waals surface area contributed by atoms with Gasteiger partial charge in [-0.05, 0) is 12.1 Å². The first-order chi connectivity index (χ1) is 13.1. The highest BCUT2D eigenvalue weighted by atomic mass is 16.5. The molecule has 0 spiro atoms. The van der Waals surface area contributed by atoms with Gasteiger partial charge in [0.2, 0.25) is 5.91 Å². The molecule has 4 rings (SSSR count). The van der Waals surface area contributed by atoms with Gasteiger partial charge in [0.25, 0.3) is 11.5 Å². The maximum Gasteiger partial charge on any atom is 0.290 e. The van der Waals surface area contributed by atoms with Gasteiger partial charge in [-0.3, -0.25) is 14.4 Å². The Balaban J connectivity index is 1.57. The molecule has 1 aromatic heterocycles. The van der Waals surface area contributed by atoms with Crippen LogP contribution < -0.4 is 5.56 Å². The number of aromatic amines is 1. The number of carbonyl (C=O) groups is 2. The Morgan fingerprint density at radius 1 is 1.22 bits per heavy atom. The molecule has 1 aromatic carbocycles. The SMILES string of the molecule is O=C(CC1COCCN1C(=O)c1nc2ccccc2c(=O)[nH]1)N1CC=CC1. The monoisotopic (exact) mass is 368 g/mol. The second-order valence-electron chi connectivity index (χ2n) is 6.63. The van der Waals surface area contributed by atoms with Crippen molar-refractivity contribution in [2.45, 2.75) is 12.5 Å². The van der Waals surface area contributed by atoms with E-state index < -0.39 is 5.91 Å². The van der Waals surface area contributed by atoms with Crippen LogP contribution in [0.3, 0.4) is 0 Å². The Bertz CT molecular complexity index is 960. The van der Waals surface area contributed by atoms with Crippen LogP contribution >= 0.6 is 0 Å². The van der Waals surface area contributed by atoms with Gasteiger partial charge in [0.05, 0.1) is 30.2 Å². The summed E-state index contributed by atoms with van der Waals surface area (Å²) in [5, 5.41) is 0.435. The Labute approximate surface area is 155 Å². The first kappa shape index (κ1) is 17.4. The lowest BCUT2D eigenvalue weighted by Crippen LogP contribution is -2.51. The van der Waals surface area contributed by atoms with Crippen molar-refractivity contribution in [2.75, 3.05) is 32.8 Å². The average molecular weight is 368 g/mol. The maximum absolute atomic E-state index is 13.0. The van der Waals surface area contributed by atoms with Gasteiger partial charge < -0.3 is 19.5 Å². The smallest absolute Gasteiger partial charge is 0.290 e. The molecule has 27 heavy (non-hydrogen) atoms. The molecular formula is C19H20N4O4. The van der Waals surface area contributed by atoms with E-state index in [9.17, 15) is 14.4 Å². The second-order valence-corrected chi connectivity index (χ2v) is 6.63. The topological polar surface area (TPSA) is 95.6 Å². The summed E-state index contributed by atoms with van der Waals surface area (Å²) >= 11 is 0. The molecule has 2 aromatic rings. The molecule has 1 atom stereocenters. The Morgan fingerprint density at radius 3 is 2.81 bits per heavy atom. The lowest BCUT2D eigenvalue weighted by molar-refractivity contribution is -0.132. The third-order valence-electron chi connectivity index (χ3n) is 4.89. The van der Waals surface area contributed by atoms with E-state index in [1.54, 1.807) is 34.1 Å². The van der Waals surface area contributed by atoms with Crippen LogP contribution in [0, 0.1) is 0 Å². The van der Waals surface area contributed by atoms with Crippen LogP contribution in [0.1, 0.15) is 17.0 Å². The van der Waals surface area contributed by atoms with Crippen LogP contribution in [0.4, 0.5) is 0 Å². The number of fused-ring (bicyclic) bond motifs is 1. The molecule has 0 saturated carbocycles. The summed E-state index contributed by atoms with van der Waals surface area (Å²) in [7, 11) is 0. The fourth-order valence-corrected chi connectivity index (χ4v) is 3.43. The molecule has 2 aliphatic rings. The third kappa shape index (κ3) is 3.48. The van der Waals surface area contributed by atoms with Crippen LogP contribution in [0.5, 0.6) is 0 Å². The van der Waals surface area contributed by atoms with Crippen molar-refractivity contribution in [1.29, 1.82) is 0 Å². The van der Waals surface area contributed by atoms with Crippen molar-refractivity contribution < 1.29 is 14.3 Å². The lowest BCUT2D eigenvalue weighted by Gasteiger charge is -2.35. The predicted molar refractivity (Wildman–Crippen MR) is 98.3 cm³/mol. The number of hydrogen-bond donors (Lipinski definition) is 1. The fraction of sp³-hybridized carbons (Fsp3) is 0.368. The van der Waals surface area contributed by atoms with Crippen molar-refractivity contribution in [3.05, 3.63) is 52.6 Å². The highest BCUT2D eigenvalue weighted by molar-refractivity contribution is 5.93. The molecular weight excluding hydrogens is 348 g/mol. The number of rotatable bonds is 3. The number of ether oxygens (including phenoxy) is 1. The summed E-state index contributed by atoms with van der Waals surface area (Å²) < 4.78 is 5.48. The van der Waals surface area contributed by atoms with Crippen molar-refractivity contribution in [3.8, 4) is 0 Å². The Morgan fingerprint density at radius 2 is 2.00 bits per heavy atom. The molecule has 1 saturated heterocycles. The summed E-state index contributed by atoms with van der Waals surface area (Å²) in [6, 6.07) is 6.50. The van der Waals surface area contributed by atoms with Gasteiger partial charge in [0.15, 0.2) is 5.82 Å². The highest BCUT2D eigenvalue weighted by Crippen LogP contribution is 2.16. The van der Waals surface area contributed by atoms with Crippen molar-refractivity contribution in [1.82, 2.24) is 19.8 Å². The zero-order valence-electron chi connectivity index (χ0n) is 14.8. The molecule has 1 unspecified atom stereocenters. The number of benzene rings is 1. The number of morpholine rings is 1. The first-order valence-corrected chi connectivity index (χ1v) is 8.94. The van der Waals surface area contributed by atoms with E-state index in [1.807, 2.05) is 12.2 Å². The molecule has 8 nitrogen and oxygen atoms in total. The molecule has 3 heterocycles. The van der Waals surface area contributed by atoms with Gasteiger partial charge in [-0.1, -0.05) is 24.3 Å². The van der Waals surface area contributed by atoms with Gasteiger partial charge in [-0.2, -0.15) is 0 Å². The maximum atomic E-state index is 13.0. The van der Waals surface area contributed by atoms with Crippen LogP contribution in [0.2, 0.25) is 0 Å². The standard InChI is InChI=1S/C19H20N4O4/c24-16(22-7-3-4-8-22)11-13-12-27-10-9-23(13)19(26)17-20-15-6-2-1-5-14(15)18(25)21-17/h1-6,13H,7-12H2,(H,20,21,25). The normalized spacial score (nSPS) is 19.6. The van der Waals surface area contributed by atoms with Crippen LogP contribution in [-0.2, 0) is 9.53 Å². The summed E-state index contributed by atoms with van der Waals surface area (Å²) in [6.07, 6.45) is 4.08. The highest BCUT2D eigenvalue weighted by Gasteiger charge is 2.32. The van der Waals surface area contributed by atoms with E-state index in [1.165, 1.54) is 0 Å². The lowest BCUT2D eigenvalue weighted by atomic mass is 10.1. The minimum absolute atomic E-state index is 0.0131. The van der Waals surface area contributed by atoms with Gasteiger partial charge in [-0.25, -0.2) is 4.98 Å². The number of para-hydroxylation sites is 1. The zero-order valence-corrected chi connectivity index (χ0v) is 14.8. The fourth-order valence-electron chi connectivity index (χ4n) is 3.43. The summed E-state index contributed by atoms with van der Waals surface area (Å²) in [5.74, 6) is -0.423. The van der Waals surface area contributed by atoms with Gasteiger partial charge in [0, 0.05) is 26.1 Å². The average Bonchev–Trinajstić information content (AvgIpc) is 3.23. The van der Waals surface area contributed by atoms with Crippen LogP contribution in [-0.4, -0.2) is 70.5 Å². The molecule has 140 valence electrons. The molecule has 8 heteroatoms. The van der Waals surface area contributed by atoms with Crippen LogP contribution in [0.15, 0.2) is 41.2 Å². The summed E-state index contributed by atoms with van der Waals surface area (Å²) in [5.41, 5.74) is 0.113. The number of H-pyrrole nitrogens is 1. The number of nitrogens with one attached hydrogen (secondary N) is 1. The number of hydrogen-bond acceptors (Lipinski definition) is 5. The molecule has 0 radical (unpaired) electrons. The minimum atomic E-state index is -0.390. The van der Waals surface area contributed by atoms with E-state index in [4.69, 9.17) is 4.74 Å². The van der Waals surface area contributed by atoms with Crippen molar-refractivity contribution in [2.24, 2.45) is 0 Å². The Kier molecular flexibility index (Phi) is 4.72. The second kappa shape index (κ2) is 7.32. The molecule has 0 aliphatic carbocycles. The van der Waals surface area contributed by atoms with Gasteiger partial charge >= 0.3 is 0 Å². The number of nitrogens with zero attached hydrogens (tertiary/aromatic N) is 3. The summed E-state index contributed by atoms with van der Waals surface area (Å²) in [4.78, 5) is 47.9. The molecule has 2 amide bonds. The zero-order chi connectivity index (χ0) is 18.8. The quantitative estimate of drug-likeness (QED) is 0.799. The molecule has 1 N–H and O–H groups in total. The van der Waals surface area contributed by atoms with E-state index in [0.717, 1.165) is 0 Å². The van der Waals surface area contributed by atoms with E-state index in [0.29, 0.717) is 37.1 Å².